The van der Waals surface area contributed by atoms with Gasteiger partial charge in [0.05, 0.1) is 6.61 Å². The van der Waals surface area contributed by atoms with Crippen LogP contribution in [-0.2, 0) is 6.54 Å². The molecule has 0 saturated heterocycles. The molecule has 0 aromatic carbocycles. The van der Waals surface area contributed by atoms with Crippen molar-refractivity contribution in [2.24, 2.45) is 5.92 Å². The van der Waals surface area contributed by atoms with E-state index in [1.54, 1.807) is 24.3 Å². The lowest BCUT2D eigenvalue weighted by Gasteiger charge is -2.12. The summed E-state index contributed by atoms with van der Waals surface area (Å²) in [5.41, 5.74) is 0.813. The summed E-state index contributed by atoms with van der Waals surface area (Å²) in [5, 5.41) is 15.1. The van der Waals surface area contributed by atoms with Crippen molar-refractivity contribution in [3.05, 3.63) is 71.9 Å². The molecular formula is C22H23N5O4. The average molecular weight is 421 g/mol. The largest absolute Gasteiger partial charge is 0.505 e. The van der Waals surface area contributed by atoms with Gasteiger partial charge in [0.2, 0.25) is 0 Å². The Morgan fingerprint density at radius 1 is 1.00 bits per heavy atom. The second-order valence-corrected chi connectivity index (χ2v) is 7.11. The summed E-state index contributed by atoms with van der Waals surface area (Å²) in [4.78, 5) is 36.9. The minimum absolute atomic E-state index is 0.105. The fourth-order valence-electron chi connectivity index (χ4n) is 2.60. The summed E-state index contributed by atoms with van der Waals surface area (Å²) < 4.78 is 5.68. The predicted octanol–water partition coefficient (Wildman–Crippen LogP) is 2.79. The number of anilines is 1. The molecule has 0 unspecified atom stereocenters. The second-order valence-electron chi connectivity index (χ2n) is 7.11. The highest BCUT2D eigenvalue weighted by Crippen LogP contribution is 2.17. The minimum atomic E-state index is -0.591. The van der Waals surface area contributed by atoms with E-state index in [-0.39, 0.29) is 35.4 Å². The predicted molar refractivity (Wildman–Crippen MR) is 114 cm³/mol. The fraction of sp³-hybridized carbons (Fsp3) is 0.227. The Hall–Kier alpha value is -4.01. The summed E-state index contributed by atoms with van der Waals surface area (Å²) in [7, 11) is 0. The first-order valence-corrected chi connectivity index (χ1v) is 9.70. The van der Waals surface area contributed by atoms with Crippen molar-refractivity contribution >= 4 is 17.6 Å². The van der Waals surface area contributed by atoms with Crippen LogP contribution in [-0.4, -0.2) is 38.5 Å². The van der Waals surface area contributed by atoms with Gasteiger partial charge in [0.1, 0.15) is 11.6 Å². The number of pyridine rings is 3. The van der Waals surface area contributed by atoms with Crippen LogP contribution in [0.2, 0.25) is 0 Å². The Labute approximate surface area is 179 Å². The van der Waals surface area contributed by atoms with Crippen LogP contribution >= 0.6 is 0 Å². The third-order valence-corrected chi connectivity index (χ3v) is 4.08. The normalized spacial score (nSPS) is 10.5. The van der Waals surface area contributed by atoms with Crippen molar-refractivity contribution in [1.29, 1.82) is 0 Å². The average Bonchev–Trinajstić information content (AvgIpc) is 2.76. The number of carbonyl (C=O) groups excluding carboxylic acids is 2. The van der Waals surface area contributed by atoms with Crippen molar-refractivity contribution in [3.8, 4) is 11.5 Å². The third-order valence-electron chi connectivity index (χ3n) is 4.08. The number of nitrogens with zero attached hydrogens (tertiary/aromatic N) is 3. The molecule has 3 aromatic heterocycles. The summed E-state index contributed by atoms with van der Waals surface area (Å²) >= 11 is 0. The lowest BCUT2D eigenvalue weighted by atomic mass is 10.2. The maximum atomic E-state index is 12.6. The van der Waals surface area contributed by atoms with Crippen molar-refractivity contribution in [1.82, 2.24) is 20.3 Å². The molecule has 0 fully saturated rings. The number of aromatic hydroxyl groups is 1. The molecule has 0 saturated carbocycles. The molecule has 0 bridgehead atoms. The van der Waals surface area contributed by atoms with Crippen LogP contribution in [0.3, 0.4) is 0 Å². The smallest absolute Gasteiger partial charge is 0.279 e. The SMILES string of the molecule is CC(C)COc1cccnc1C(=O)NCc1ccnc(NC(=O)c2ncccc2O)c1. The molecule has 9 heteroatoms. The van der Waals surface area contributed by atoms with Gasteiger partial charge >= 0.3 is 0 Å². The molecule has 3 rings (SSSR count). The van der Waals surface area contributed by atoms with Crippen molar-refractivity contribution < 1.29 is 19.4 Å². The third kappa shape index (κ3) is 5.99. The molecule has 0 atom stereocenters. The second kappa shape index (κ2) is 10.1. The van der Waals surface area contributed by atoms with E-state index in [0.717, 1.165) is 0 Å². The molecule has 3 N–H and O–H groups in total. The highest BCUT2D eigenvalue weighted by molar-refractivity contribution is 6.04. The van der Waals surface area contributed by atoms with E-state index in [1.807, 2.05) is 13.8 Å². The summed E-state index contributed by atoms with van der Waals surface area (Å²) in [6.45, 7) is 4.71. The van der Waals surface area contributed by atoms with Gasteiger partial charge in [-0.3, -0.25) is 9.59 Å². The maximum Gasteiger partial charge on any atom is 0.279 e. The number of carbonyl (C=O) groups is 2. The Bertz CT molecular complexity index is 1070. The lowest BCUT2D eigenvalue weighted by Crippen LogP contribution is -2.25. The monoisotopic (exact) mass is 421 g/mol. The van der Waals surface area contributed by atoms with Gasteiger partial charge in [0.15, 0.2) is 17.1 Å². The lowest BCUT2D eigenvalue weighted by molar-refractivity contribution is 0.0939. The van der Waals surface area contributed by atoms with E-state index in [4.69, 9.17) is 4.74 Å². The molecular weight excluding hydrogens is 398 g/mol. The van der Waals surface area contributed by atoms with Gasteiger partial charge in [-0.2, -0.15) is 0 Å². The zero-order valence-electron chi connectivity index (χ0n) is 17.2. The van der Waals surface area contributed by atoms with Gasteiger partial charge in [-0.05, 0) is 47.9 Å². The molecule has 3 aromatic rings. The van der Waals surface area contributed by atoms with E-state index < -0.39 is 5.91 Å². The van der Waals surface area contributed by atoms with Gasteiger partial charge in [-0.25, -0.2) is 15.0 Å². The first kappa shape index (κ1) is 21.7. The van der Waals surface area contributed by atoms with E-state index in [9.17, 15) is 14.7 Å². The van der Waals surface area contributed by atoms with Gasteiger partial charge in [0.25, 0.3) is 11.8 Å². The van der Waals surface area contributed by atoms with E-state index in [0.29, 0.717) is 23.8 Å². The maximum absolute atomic E-state index is 12.6. The van der Waals surface area contributed by atoms with Crippen LogP contribution in [0.5, 0.6) is 11.5 Å². The summed E-state index contributed by atoms with van der Waals surface area (Å²) in [6, 6.07) is 9.64. The van der Waals surface area contributed by atoms with Gasteiger partial charge in [0, 0.05) is 25.1 Å². The van der Waals surface area contributed by atoms with E-state index in [2.05, 4.69) is 25.6 Å². The molecule has 160 valence electrons. The number of hydrogen-bond acceptors (Lipinski definition) is 7. The zero-order valence-corrected chi connectivity index (χ0v) is 17.2. The molecule has 0 aliphatic carbocycles. The molecule has 0 radical (unpaired) electrons. The molecule has 3 heterocycles. The zero-order chi connectivity index (χ0) is 22.2. The topological polar surface area (TPSA) is 126 Å². The Morgan fingerprint density at radius 2 is 1.74 bits per heavy atom. The number of hydrogen-bond donors (Lipinski definition) is 3. The van der Waals surface area contributed by atoms with Crippen molar-refractivity contribution in [3.63, 3.8) is 0 Å². The Balaban J connectivity index is 1.64. The number of amides is 2. The van der Waals surface area contributed by atoms with Gasteiger partial charge in [-0.15, -0.1) is 0 Å². The molecule has 0 spiro atoms. The number of ether oxygens (including phenoxy) is 1. The molecule has 0 aliphatic heterocycles. The first-order valence-electron chi connectivity index (χ1n) is 9.70. The van der Waals surface area contributed by atoms with Crippen LogP contribution in [0.15, 0.2) is 55.0 Å². The van der Waals surface area contributed by atoms with E-state index >= 15 is 0 Å². The molecule has 9 nitrogen and oxygen atoms in total. The van der Waals surface area contributed by atoms with Crippen molar-refractivity contribution in [2.45, 2.75) is 20.4 Å². The number of aromatic nitrogens is 3. The summed E-state index contributed by atoms with van der Waals surface area (Å²) in [6.07, 6.45) is 4.45. The first-order chi connectivity index (χ1) is 14.9. The quantitative estimate of drug-likeness (QED) is 0.510. The fourth-order valence-corrected chi connectivity index (χ4v) is 2.60. The van der Waals surface area contributed by atoms with E-state index in [1.165, 1.54) is 30.7 Å². The standard InChI is InChI=1S/C22H23N5O4/c1-14(2)13-31-17-6-4-9-25-20(17)21(29)26-12-15-7-10-23-18(11-15)27-22(30)19-16(28)5-3-8-24-19/h3-11,14,28H,12-13H2,1-2H3,(H,26,29)(H,23,27,30). The minimum Gasteiger partial charge on any atom is -0.505 e. The number of rotatable bonds is 8. The highest BCUT2D eigenvalue weighted by atomic mass is 16.5. The van der Waals surface area contributed by atoms with Crippen LogP contribution in [0, 0.1) is 5.92 Å². The van der Waals surface area contributed by atoms with Crippen LogP contribution in [0.1, 0.15) is 40.4 Å². The highest BCUT2D eigenvalue weighted by Gasteiger charge is 2.15. The molecule has 31 heavy (non-hydrogen) atoms. The van der Waals surface area contributed by atoms with Gasteiger partial charge < -0.3 is 20.5 Å². The van der Waals surface area contributed by atoms with Crippen LogP contribution in [0.4, 0.5) is 5.82 Å². The van der Waals surface area contributed by atoms with Crippen LogP contribution < -0.4 is 15.4 Å². The Morgan fingerprint density at radius 3 is 2.48 bits per heavy atom. The Kier molecular flexibility index (Phi) is 7.10. The van der Waals surface area contributed by atoms with Crippen LogP contribution in [0.25, 0.3) is 0 Å². The van der Waals surface area contributed by atoms with Gasteiger partial charge in [-0.1, -0.05) is 13.8 Å². The summed E-state index contributed by atoms with van der Waals surface area (Å²) in [5.74, 6) is -0.191. The van der Waals surface area contributed by atoms with Crippen molar-refractivity contribution in [2.75, 3.05) is 11.9 Å². The number of nitrogens with one attached hydrogen (secondary N) is 2. The molecule has 0 aliphatic rings. The molecule has 2 amide bonds.